The van der Waals surface area contributed by atoms with E-state index in [1.54, 1.807) is 0 Å². The van der Waals surface area contributed by atoms with Crippen LogP contribution in [0.25, 0.3) is 21.5 Å². The molecule has 0 aromatic heterocycles. The van der Waals surface area contributed by atoms with Gasteiger partial charge in [0.05, 0.1) is 0 Å². The summed E-state index contributed by atoms with van der Waals surface area (Å²) in [5, 5.41) is 4.64. The molecule has 0 fully saturated rings. The van der Waals surface area contributed by atoms with Crippen molar-refractivity contribution in [1.82, 2.24) is 0 Å². The molecule has 0 radical (unpaired) electrons. The monoisotopic (exact) mass is 372 g/mol. The minimum Gasteiger partial charge on any atom is -0.289 e. The van der Waals surface area contributed by atoms with E-state index in [0.717, 1.165) is 28.3 Å². The number of ketones is 1. The van der Waals surface area contributed by atoms with Crippen LogP contribution in [0.3, 0.4) is 0 Å². The molecule has 0 bridgehead atoms. The number of hydrogen-bond acceptors (Lipinski definition) is 1. The van der Waals surface area contributed by atoms with E-state index in [4.69, 9.17) is 0 Å². The van der Waals surface area contributed by atoms with Crippen LogP contribution in [0.4, 0.5) is 0 Å². The normalized spacial score (nSPS) is 11.0. The Labute approximate surface area is 170 Å². The first-order valence-electron chi connectivity index (χ1n) is 9.88. The van der Waals surface area contributed by atoms with Gasteiger partial charge in [0, 0.05) is 11.1 Å². The highest BCUT2D eigenvalue weighted by atomic mass is 16.1. The van der Waals surface area contributed by atoms with Crippen LogP contribution in [0.1, 0.15) is 27.0 Å². The van der Waals surface area contributed by atoms with Gasteiger partial charge in [-0.2, -0.15) is 0 Å². The van der Waals surface area contributed by atoms with Gasteiger partial charge in [-0.1, -0.05) is 109 Å². The molecule has 0 heterocycles. The minimum atomic E-state index is 0.0681. The maximum absolute atomic E-state index is 13.1. The Balaban J connectivity index is 1.59. The molecule has 5 aromatic rings. The van der Waals surface area contributed by atoms with Gasteiger partial charge in [-0.3, -0.25) is 4.79 Å². The number of rotatable bonds is 4. The first-order chi connectivity index (χ1) is 14.3. The number of carbonyl (C=O) groups excluding carboxylic acids is 1. The van der Waals surface area contributed by atoms with E-state index in [2.05, 4.69) is 66.7 Å². The molecule has 0 saturated carbocycles. The van der Waals surface area contributed by atoms with Crippen molar-refractivity contribution in [2.75, 3.05) is 0 Å². The van der Waals surface area contributed by atoms with E-state index in [1.807, 2.05) is 42.5 Å². The first-order valence-corrected chi connectivity index (χ1v) is 9.88. The number of benzene rings is 5. The Kier molecular flexibility index (Phi) is 4.42. The van der Waals surface area contributed by atoms with Crippen molar-refractivity contribution in [2.24, 2.45) is 0 Å². The number of fused-ring (bicyclic) bond motifs is 2. The van der Waals surface area contributed by atoms with Gasteiger partial charge in [-0.05, 0) is 39.1 Å². The molecule has 5 aromatic carbocycles. The molecule has 0 aliphatic heterocycles. The molecule has 5 rings (SSSR count). The predicted molar refractivity (Wildman–Crippen MR) is 121 cm³/mol. The zero-order valence-corrected chi connectivity index (χ0v) is 16.0. The van der Waals surface area contributed by atoms with Crippen molar-refractivity contribution in [1.29, 1.82) is 0 Å². The SMILES string of the molecule is O=C(c1ccccc1)c1cccc2ccc(Cc3cccc4ccccc34)cc12. The maximum Gasteiger partial charge on any atom is 0.193 e. The van der Waals surface area contributed by atoms with Gasteiger partial charge in [0.25, 0.3) is 0 Å². The van der Waals surface area contributed by atoms with Crippen molar-refractivity contribution in [3.63, 3.8) is 0 Å². The molecule has 0 atom stereocenters. The van der Waals surface area contributed by atoms with Crippen LogP contribution in [-0.2, 0) is 6.42 Å². The van der Waals surface area contributed by atoms with Gasteiger partial charge in [0.2, 0.25) is 0 Å². The summed E-state index contributed by atoms with van der Waals surface area (Å²) in [6.07, 6.45) is 0.838. The third kappa shape index (κ3) is 3.32. The Hall–Kier alpha value is -3.71. The Morgan fingerprint density at radius 2 is 1.28 bits per heavy atom. The highest BCUT2D eigenvalue weighted by molar-refractivity contribution is 6.16. The summed E-state index contributed by atoms with van der Waals surface area (Å²) in [7, 11) is 0. The highest BCUT2D eigenvalue weighted by Crippen LogP contribution is 2.26. The Bertz CT molecular complexity index is 1330. The van der Waals surface area contributed by atoms with Crippen LogP contribution in [0, 0.1) is 0 Å². The zero-order chi connectivity index (χ0) is 19.6. The molecular weight excluding hydrogens is 352 g/mol. The van der Waals surface area contributed by atoms with Crippen LogP contribution in [0.2, 0.25) is 0 Å². The van der Waals surface area contributed by atoms with Gasteiger partial charge in [0.15, 0.2) is 5.78 Å². The van der Waals surface area contributed by atoms with Gasteiger partial charge in [0.1, 0.15) is 0 Å². The molecule has 0 aliphatic carbocycles. The fourth-order valence-electron chi connectivity index (χ4n) is 4.04. The molecule has 0 aliphatic rings. The van der Waals surface area contributed by atoms with Gasteiger partial charge < -0.3 is 0 Å². The lowest BCUT2D eigenvalue weighted by atomic mass is 9.93. The fraction of sp³-hybridized carbons (Fsp3) is 0.0357. The molecule has 0 unspecified atom stereocenters. The van der Waals surface area contributed by atoms with Crippen LogP contribution >= 0.6 is 0 Å². The van der Waals surface area contributed by atoms with Crippen LogP contribution in [0.15, 0.2) is 109 Å². The van der Waals surface area contributed by atoms with E-state index in [9.17, 15) is 4.79 Å². The first kappa shape index (κ1) is 17.4. The van der Waals surface area contributed by atoms with Crippen molar-refractivity contribution >= 4 is 27.3 Å². The summed E-state index contributed by atoms with van der Waals surface area (Å²) in [6, 6.07) is 36.9. The average Bonchev–Trinajstić information content (AvgIpc) is 2.79. The zero-order valence-electron chi connectivity index (χ0n) is 16.0. The van der Waals surface area contributed by atoms with Crippen molar-refractivity contribution < 1.29 is 4.79 Å². The summed E-state index contributed by atoms with van der Waals surface area (Å²) in [6.45, 7) is 0. The molecule has 0 spiro atoms. The fourth-order valence-corrected chi connectivity index (χ4v) is 4.04. The van der Waals surface area contributed by atoms with E-state index in [0.29, 0.717) is 0 Å². The molecule has 29 heavy (non-hydrogen) atoms. The summed E-state index contributed by atoms with van der Waals surface area (Å²) in [4.78, 5) is 13.1. The lowest BCUT2D eigenvalue weighted by Crippen LogP contribution is -2.02. The smallest absolute Gasteiger partial charge is 0.193 e. The quantitative estimate of drug-likeness (QED) is 0.317. The summed E-state index contributed by atoms with van der Waals surface area (Å²) < 4.78 is 0. The molecule has 0 amide bonds. The standard InChI is InChI=1S/C28H20O/c29-28(23-9-2-1-3-10-23)26-15-7-12-22-17-16-20(19-27(22)26)18-24-13-6-11-21-8-4-5-14-25(21)24/h1-17,19H,18H2. The topological polar surface area (TPSA) is 17.1 Å². The molecule has 0 saturated heterocycles. The van der Waals surface area contributed by atoms with E-state index < -0.39 is 0 Å². The lowest BCUT2D eigenvalue weighted by Gasteiger charge is -2.10. The van der Waals surface area contributed by atoms with E-state index in [1.165, 1.54) is 21.9 Å². The minimum absolute atomic E-state index is 0.0681. The van der Waals surface area contributed by atoms with Crippen LogP contribution < -0.4 is 0 Å². The average molecular weight is 372 g/mol. The lowest BCUT2D eigenvalue weighted by molar-refractivity contribution is 0.104. The third-order valence-electron chi connectivity index (χ3n) is 5.50. The van der Waals surface area contributed by atoms with Gasteiger partial charge in [-0.15, -0.1) is 0 Å². The van der Waals surface area contributed by atoms with Crippen molar-refractivity contribution in [3.05, 3.63) is 131 Å². The number of carbonyl (C=O) groups is 1. The highest BCUT2D eigenvalue weighted by Gasteiger charge is 2.13. The molecular formula is C28H20O. The Morgan fingerprint density at radius 3 is 2.14 bits per heavy atom. The molecule has 1 nitrogen and oxygen atoms in total. The molecule has 1 heteroatoms. The summed E-state index contributed by atoms with van der Waals surface area (Å²) in [5.41, 5.74) is 3.99. The third-order valence-corrected chi connectivity index (χ3v) is 5.50. The van der Waals surface area contributed by atoms with Crippen molar-refractivity contribution in [3.8, 4) is 0 Å². The largest absolute Gasteiger partial charge is 0.289 e. The molecule has 0 N–H and O–H groups in total. The van der Waals surface area contributed by atoms with E-state index in [-0.39, 0.29) is 5.78 Å². The van der Waals surface area contributed by atoms with Crippen LogP contribution in [-0.4, -0.2) is 5.78 Å². The molecule has 138 valence electrons. The number of hydrogen-bond donors (Lipinski definition) is 0. The van der Waals surface area contributed by atoms with Crippen LogP contribution in [0.5, 0.6) is 0 Å². The second-order valence-electron chi connectivity index (χ2n) is 7.37. The van der Waals surface area contributed by atoms with Gasteiger partial charge in [-0.25, -0.2) is 0 Å². The summed E-state index contributed by atoms with van der Waals surface area (Å²) >= 11 is 0. The second-order valence-corrected chi connectivity index (χ2v) is 7.37. The maximum atomic E-state index is 13.1. The second kappa shape index (κ2) is 7.37. The van der Waals surface area contributed by atoms with E-state index >= 15 is 0 Å². The van der Waals surface area contributed by atoms with Gasteiger partial charge >= 0.3 is 0 Å². The van der Waals surface area contributed by atoms with Crippen molar-refractivity contribution in [2.45, 2.75) is 6.42 Å². The summed E-state index contributed by atoms with van der Waals surface area (Å²) in [5.74, 6) is 0.0681. The predicted octanol–water partition coefficient (Wildman–Crippen LogP) is 6.81. The Morgan fingerprint density at radius 1 is 0.586 bits per heavy atom.